The lowest BCUT2D eigenvalue weighted by molar-refractivity contribution is -0.227. The van der Waals surface area contributed by atoms with Gasteiger partial charge in [0.25, 0.3) is 0 Å². The quantitative estimate of drug-likeness (QED) is 0.173. The minimum Gasteiger partial charge on any atom is -0.452 e. The molecule has 1 N–H and O–H groups in total. The number of carbonyl (C=O) groups is 1. The Kier molecular flexibility index (Phi) is 11.1. The number of aliphatic hydroxyl groups is 1. The van der Waals surface area contributed by atoms with Gasteiger partial charge in [0.1, 0.15) is 23.7 Å². The number of hydrogen-bond donors (Lipinski definition) is 1. The fraction of sp³-hybridized carbons (Fsp3) is 0.342. The highest BCUT2D eigenvalue weighted by atomic mass is 32.2. The molecule has 0 radical (unpaired) electrons. The lowest BCUT2D eigenvalue weighted by Gasteiger charge is -2.44. The zero-order valence-electron chi connectivity index (χ0n) is 26.3. The van der Waals surface area contributed by atoms with Crippen LogP contribution >= 0.6 is 11.8 Å². The van der Waals surface area contributed by atoms with Gasteiger partial charge in [0.15, 0.2) is 6.10 Å². The van der Waals surface area contributed by atoms with Crippen molar-refractivity contribution >= 4 is 17.7 Å². The molecule has 0 spiro atoms. The number of aryl methyl sites for hydroxylation is 1. The van der Waals surface area contributed by atoms with Crippen molar-refractivity contribution < 1.29 is 28.8 Å². The van der Waals surface area contributed by atoms with Crippen molar-refractivity contribution in [1.82, 2.24) is 0 Å². The Morgan fingerprint density at radius 1 is 0.822 bits per heavy atom. The van der Waals surface area contributed by atoms with E-state index in [-0.39, 0.29) is 18.6 Å². The van der Waals surface area contributed by atoms with E-state index in [0.29, 0.717) is 12.2 Å². The summed E-state index contributed by atoms with van der Waals surface area (Å²) in [5.41, 5.74) is 3.91. The summed E-state index contributed by atoms with van der Waals surface area (Å²) in [4.78, 5) is 14.5. The van der Waals surface area contributed by atoms with Gasteiger partial charge in [-0.2, -0.15) is 0 Å². The molecule has 6 nitrogen and oxygen atoms in total. The minimum absolute atomic E-state index is 0.0546. The van der Waals surface area contributed by atoms with E-state index in [1.54, 1.807) is 24.3 Å². The number of hydrogen-bond acceptors (Lipinski definition) is 7. The molecule has 1 aliphatic rings. The molecule has 45 heavy (non-hydrogen) atoms. The molecule has 1 heterocycles. The van der Waals surface area contributed by atoms with Crippen LogP contribution in [0.25, 0.3) is 0 Å². The van der Waals surface area contributed by atoms with E-state index < -0.39 is 35.8 Å². The molecule has 1 fully saturated rings. The Balaban J connectivity index is 1.46. The second-order valence-electron chi connectivity index (χ2n) is 12.4. The number of benzene rings is 4. The highest BCUT2D eigenvalue weighted by molar-refractivity contribution is 7.99. The van der Waals surface area contributed by atoms with Crippen molar-refractivity contribution in [3.63, 3.8) is 0 Å². The Hall–Kier alpha value is -3.46. The molecule has 236 valence electrons. The van der Waals surface area contributed by atoms with Crippen LogP contribution in [0.2, 0.25) is 0 Å². The van der Waals surface area contributed by atoms with E-state index in [1.165, 1.54) is 17.3 Å². The number of thioether (sulfide) groups is 1. The predicted molar refractivity (Wildman–Crippen MR) is 177 cm³/mol. The van der Waals surface area contributed by atoms with Crippen LogP contribution < -0.4 is 0 Å². The first-order chi connectivity index (χ1) is 21.7. The Morgan fingerprint density at radius 3 is 2.04 bits per heavy atom. The maximum atomic E-state index is 13.5. The molecular weight excluding hydrogens is 584 g/mol. The summed E-state index contributed by atoms with van der Waals surface area (Å²) >= 11 is 1.48. The van der Waals surface area contributed by atoms with Crippen LogP contribution in [0.5, 0.6) is 0 Å². The molecule has 4 aromatic carbocycles. The number of rotatable bonds is 11. The average Bonchev–Trinajstić information content (AvgIpc) is 3.04. The van der Waals surface area contributed by atoms with Crippen LogP contribution in [-0.4, -0.2) is 47.5 Å². The van der Waals surface area contributed by atoms with E-state index in [1.807, 2.05) is 66.7 Å². The van der Waals surface area contributed by atoms with Crippen molar-refractivity contribution in [2.24, 2.45) is 0 Å². The topological polar surface area (TPSA) is 74.2 Å². The van der Waals surface area contributed by atoms with Crippen LogP contribution in [0.1, 0.15) is 53.4 Å². The van der Waals surface area contributed by atoms with E-state index >= 15 is 0 Å². The molecular formula is C38H42O6S. The monoisotopic (exact) mass is 626 g/mol. The van der Waals surface area contributed by atoms with Crippen LogP contribution in [0.4, 0.5) is 0 Å². The second-order valence-corrected chi connectivity index (χ2v) is 13.5. The molecule has 1 saturated heterocycles. The van der Waals surface area contributed by atoms with Gasteiger partial charge in [-0.05, 0) is 52.8 Å². The molecule has 5 atom stereocenters. The fourth-order valence-electron chi connectivity index (χ4n) is 5.16. The molecule has 4 aromatic rings. The molecule has 1 aliphatic heterocycles. The van der Waals surface area contributed by atoms with Gasteiger partial charge in [-0.1, -0.05) is 124 Å². The van der Waals surface area contributed by atoms with E-state index in [4.69, 9.17) is 18.9 Å². The van der Waals surface area contributed by atoms with Gasteiger partial charge in [-0.25, -0.2) is 4.79 Å². The van der Waals surface area contributed by atoms with Gasteiger partial charge in [-0.3, -0.25) is 0 Å². The van der Waals surface area contributed by atoms with Crippen molar-refractivity contribution in [3.8, 4) is 0 Å². The zero-order chi connectivity index (χ0) is 31.8. The number of aliphatic hydroxyl groups excluding tert-OH is 1. The highest BCUT2D eigenvalue weighted by Crippen LogP contribution is 2.39. The Morgan fingerprint density at radius 2 is 1.42 bits per heavy atom. The van der Waals surface area contributed by atoms with Crippen LogP contribution in [0.3, 0.4) is 0 Å². The predicted octanol–water partition coefficient (Wildman–Crippen LogP) is 7.50. The van der Waals surface area contributed by atoms with Gasteiger partial charge in [0.05, 0.1) is 25.4 Å². The molecule has 3 unspecified atom stereocenters. The van der Waals surface area contributed by atoms with Gasteiger partial charge >= 0.3 is 5.97 Å². The SMILES string of the molecule is Cc1ccc(C(C)(C)C)cc1S[C@@H]1OC(COCc2ccccc2)[C@@H](O)C(OCc2ccccc2)C1OC(=O)c1ccccc1. The molecule has 0 aliphatic carbocycles. The van der Waals surface area contributed by atoms with Gasteiger partial charge in [0.2, 0.25) is 0 Å². The average molecular weight is 627 g/mol. The third kappa shape index (κ3) is 8.84. The minimum atomic E-state index is -1.11. The normalized spacial score (nSPS) is 21.8. The van der Waals surface area contributed by atoms with Crippen molar-refractivity contribution in [2.75, 3.05) is 6.61 Å². The summed E-state index contributed by atoms with van der Waals surface area (Å²) < 4.78 is 25.2. The fourth-order valence-corrected chi connectivity index (χ4v) is 6.40. The van der Waals surface area contributed by atoms with Crippen LogP contribution in [0, 0.1) is 6.92 Å². The van der Waals surface area contributed by atoms with E-state index in [0.717, 1.165) is 21.6 Å². The summed E-state index contributed by atoms with van der Waals surface area (Å²) in [6, 6.07) is 34.9. The standard InChI is InChI=1S/C38H42O6S/c1-26-20-21-30(38(2,3)4)22-32(26)45-37-35(44-36(40)29-18-12-7-13-19-29)34(42-24-28-16-10-6-11-17-28)33(39)31(43-37)25-41-23-27-14-8-5-9-15-27/h5-22,31,33-35,37,39H,23-25H2,1-4H3/t31?,33-,34?,35?,37+/m1/s1. The van der Waals surface area contributed by atoms with Gasteiger partial charge in [0, 0.05) is 4.90 Å². The Labute approximate surface area is 270 Å². The van der Waals surface area contributed by atoms with Crippen LogP contribution in [-0.2, 0) is 37.6 Å². The first kappa shape index (κ1) is 32.9. The molecule has 0 bridgehead atoms. The number of carbonyl (C=O) groups excluding carboxylic acids is 1. The second kappa shape index (κ2) is 15.2. The lowest BCUT2D eigenvalue weighted by atomic mass is 9.87. The first-order valence-electron chi connectivity index (χ1n) is 15.3. The molecule has 0 aromatic heterocycles. The number of esters is 1. The maximum Gasteiger partial charge on any atom is 0.338 e. The van der Waals surface area contributed by atoms with Gasteiger partial charge in [-0.15, -0.1) is 0 Å². The highest BCUT2D eigenvalue weighted by Gasteiger charge is 2.49. The van der Waals surface area contributed by atoms with Crippen molar-refractivity contribution in [1.29, 1.82) is 0 Å². The summed E-state index contributed by atoms with van der Waals surface area (Å²) in [6.45, 7) is 9.34. The number of ether oxygens (including phenoxy) is 4. The summed E-state index contributed by atoms with van der Waals surface area (Å²) in [6.07, 6.45) is -3.62. The third-order valence-corrected chi connectivity index (χ3v) is 9.15. The van der Waals surface area contributed by atoms with Gasteiger partial charge < -0.3 is 24.1 Å². The molecule has 5 rings (SSSR count). The third-order valence-electron chi connectivity index (χ3n) is 7.85. The smallest absolute Gasteiger partial charge is 0.338 e. The molecule has 7 heteroatoms. The van der Waals surface area contributed by atoms with E-state index in [2.05, 4.69) is 45.9 Å². The van der Waals surface area contributed by atoms with Crippen molar-refractivity contribution in [2.45, 2.75) is 81.1 Å². The van der Waals surface area contributed by atoms with E-state index in [9.17, 15) is 9.90 Å². The first-order valence-corrected chi connectivity index (χ1v) is 16.2. The summed E-state index contributed by atoms with van der Waals surface area (Å²) in [7, 11) is 0. The van der Waals surface area contributed by atoms with Crippen LogP contribution in [0.15, 0.2) is 114 Å². The molecule has 0 amide bonds. The zero-order valence-corrected chi connectivity index (χ0v) is 27.1. The molecule has 0 saturated carbocycles. The van der Waals surface area contributed by atoms with Crippen molar-refractivity contribution in [3.05, 3.63) is 137 Å². The Bertz CT molecular complexity index is 1510. The largest absolute Gasteiger partial charge is 0.452 e. The summed E-state index contributed by atoms with van der Waals surface area (Å²) in [5.74, 6) is -0.505. The summed E-state index contributed by atoms with van der Waals surface area (Å²) in [5, 5.41) is 11.7. The lowest BCUT2D eigenvalue weighted by Crippen LogP contribution is -2.60. The maximum absolute atomic E-state index is 13.5.